The summed E-state index contributed by atoms with van der Waals surface area (Å²) in [5, 5.41) is 15.3. The zero-order valence-corrected chi connectivity index (χ0v) is 13.4. The van der Waals surface area contributed by atoms with Gasteiger partial charge in [0, 0.05) is 17.1 Å². The van der Waals surface area contributed by atoms with Gasteiger partial charge in [-0.2, -0.15) is 5.26 Å². The lowest BCUT2D eigenvalue weighted by Gasteiger charge is -2.25. The van der Waals surface area contributed by atoms with Crippen molar-refractivity contribution < 1.29 is 9.59 Å². The first-order valence-corrected chi connectivity index (χ1v) is 7.80. The summed E-state index contributed by atoms with van der Waals surface area (Å²) in [5.41, 5.74) is 1.98. The molecule has 24 heavy (non-hydrogen) atoms. The van der Waals surface area contributed by atoms with E-state index >= 15 is 0 Å². The molecule has 2 N–H and O–H groups in total. The SMILES string of the molecule is N#C[C@H](NC(=O)[C@H]1CC(=O)Nc2ccccc21)c1cccc(Cl)c1. The highest BCUT2D eigenvalue weighted by Crippen LogP contribution is 2.32. The molecule has 2 amide bonds. The summed E-state index contributed by atoms with van der Waals surface area (Å²) >= 11 is 5.94. The normalized spacial score (nSPS) is 17.2. The lowest BCUT2D eigenvalue weighted by atomic mass is 9.89. The first-order chi connectivity index (χ1) is 11.6. The molecular formula is C18H14ClN3O2. The highest BCUT2D eigenvalue weighted by molar-refractivity contribution is 6.30. The molecule has 0 bridgehead atoms. The van der Waals surface area contributed by atoms with Crippen molar-refractivity contribution in [1.29, 1.82) is 5.26 Å². The minimum Gasteiger partial charge on any atom is -0.336 e. The third-order valence-electron chi connectivity index (χ3n) is 3.91. The highest BCUT2D eigenvalue weighted by Gasteiger charge is 2.31. The minimum atomic E-state index is -0.826. The maximum atomic E-state index is 12.7. The number of fused-ring (bicyclic) bond motifs is 1. The van der Waals surface area contributed by atoms with E-state index in [0.29, 0.717) is 16.3 Å². The largest absolute Gasteiger partial charge is 0.336 e. The van der Waals surface area contributed by atoms with Crippen LogP contribution < -0.4 is 10.6 Å². The molecule has 2 aromatic rings. The van der Waals surface area contributed by atoms with Gasteiger partial charge in [0.05, 0.1) is 12.0 Å². The third-order valence-corrected chi connectivity index (χ3v) is 4.15. The molecule has 2 atom stereocenters. The number of amides is 2. The predicted molar refractivity (Wildman–Crippen MR) is 90.4 cm³/mol. The molecule has 6 heteroatoms. The Hall–Kier alpha value is -2.84. The molecule has 3 rings (SSSR count). The van der Waals surface area contributed by atoms with Crippen molar-refractivity contribution in [3.8, 4) is 6.07 Å². The van der Waals surface area contributed by atoms with Crippen LogP contribution in [0.3, 0.4) is 0 Å². The van der Waals surface area contributed by atoms with Crippen LogP contribution in [0.5, 0.6) is 0 Å². The molecule has 0 spiro atoms. The number of hydrogen-bond acceptors (Lipinski definition) is 3. The number of nitrogens with one attached hydrogen (secondary N) is 2. The van der Waals surface area contributed by atoms with Gasteiger partial charge in [-0.25, -0.2) is 0 Å². The van der Waals surface area contributed by atoms with Crippen LogP contribution in [0.15, 0.2) is 48.5 Å². The molecular weight excluding hydrogens is 326 g/mol. The molecule has 120 valence electrons. The van der Waals surface area contributed by atoms with E-state index < -0.39 is 12.0 Å². The molecule has 0 radical (unpaired) electrons. The molecule has 0 saturated carbocycles. The van der Waals surface area contributed by atoms with Crippen LogP contribution in [0.1, 0.15) is 29.5 Å². The van der Waals surface area contributed by atoms with E-state index in [0.717, 1.165) is 5.56 Å². The summed E-state index contributed by atoms with van der Waals surface area (Å²) < 4.78 is 0. The van der Waals surface area contributed by atoms with Crippen molar-refractivity contribution in [3.05, 3.63) is 64.7 Å². The van der Waals surface area contributed by atoms with Crippen molar-refractivity contribution in [3.63, 3.8) is 0 Å². The number of nitriles is 1. The van der Waals surface area contributed by atoms with E-state index in [9.17, 15) is 14.9 Å². The predicted octanol–water partition coefficient (Wildman–Crippen LogP) is 3.15. The maximum absolute atomic E-state index is 12.7. The second-order valence-electron chi connectivity index (χ2n) is 5.52. The average molecular weight is 340 g/mol. The quantitative estimate of drug-likeness (QED) is 0.901. The minimum absolute atomic E-state index is 0.0521. The molecule has 1 aliphatic rings. The Morgan fingerprint density at radius 3 is 2.83 bits per heavy atom. The van der Waals surface area contributed by atoms with Crippen LogP contribution in [0.25, 0.3) is 0 Å². The van der Waals surface area contributed by atoms with Crippen LogP contribution in [-0.4, -0.2) is 11.8 Å². The van der Waals surface area contributed by atoms with E-state index in [-0.39, 0.29) is 18.2 Å². The zero-order valence-electron chi connectivity index (χ0n) is 12.6. The number of carbonyl (C=O) groups excluding carboxylic acids is 2. The van der Waals surface area contributed by atoms with Crippen LogP contribution in [0, 0.1) is 11.3 Å². The highest BCUT2D eigenvalue weighted by atomic mass is 35.5. The standard InChI is InChI=1S/C18H14ClN3O2/c19-12-5-3-4-11(8-12)16(10-20)22-18(24)14-9-17(23)21-15-7-2-1-6-13(14)15/h1-8,14,16H,9H2,(H,21,23)(H,22,24)/t14-,16-/m0/s1. The fourth-order valence-corrected chi connectivity index (χ4v) is 2.96. The summed E-state index contributed by atoms with van der Waals surface area (Å²) in [5.74, 6) is -1.20. The maximum Gasteiger partial charge on any atom is 0.229 e. The molecule has 1 heterocycles. The summed E-state index contributed by atoms with van der Waals surface area (Å²) in [7, 11) is 0. The molecule has 5 nitrogen and oxygen atoms in total. The lowest BCUT2D eigenvalue weighted by molar-refractivity contribution is -0.126. The Kier molecular flexibility index (Phi) is 4.50. The number of halogens is 1. The number of benzene rings is 2. The number of anilines is 1. The Bertz CT molecular complexity index is 844. The van der Waals surface area contributed by atoms with Gasteiger partial charge in [0.1, 0.15) is 6.04 Å². The van der Waals surface area contributed by atoms with Gasteiger partial charge in [0.25, 0.3) is 0 Å². The van der Waals surface area contributed by atoms with Crippen LogP contribution in [0.4, 0.5) is 5.69 Å². The summed E-state index contributed by atoms with van der Waals surface area (Å²) in [6.07, 6.45) is 0.0521. The van der Waals surface area contributed by atoms with Crippen molar-refractivity contribution in [2.24, 2.45) is 0 Å². The van der Waals surface area contributed by atoms with Gasteiger partial charge in [-0.05, 0) is 29.3 Å². The van der Waals surface area contributed by atoms with Gasteiger partial charge < -0.3 is 10.6 Å². The number of rotatable bonds is 3. The second kappa shape index (κ2) is 6.73. The van der Waals surface area contributed by atoms with Gasteiger partial charge in [-0.15, -0.1) is 0 Å². The number of nitrogens with zero attached hydrogens (tertiary/aromatic N) is 1. The molecule has 1 aliphatic heterocycles. The molecule has 0 aliphatic carbocycles. The fourth-order valence-electron chi connectivity index (χ4n) is 2.76. The van der Waals surface area contributed by atoms with Gasteiger partial charge in [0.15, 0.2) is 0 Å². The number of carbonyl (C=O) groups is 2. The summed E-state index contributed by atoms with van der Waals surface area (Å²) in [4.78, 5) is 24.5. The average Bonchev–Trinajstić information content (AvgIpc) is 2.58. The Balaban J connectivity index is 1.84. The van der Waals surface area contributed by atoms with Gasteiger partial charge in [0.2, 0.25) is 11.8 Å². The molecule has 0 aromatic heterocycles. The Labute approximate surface area is 144 Å². The molecule has 0 saturated heterocycles. The van der Waals surface area contributed by atoms with Crippen molar-refractivity contribution in [1.82, 2.24) is 5.32 Å². The van der Waals surface area contributed by atoms with Crippen molar-refractivity contribution in [2.45, 2.75) is 18.4 Å². The van der Waals surface area contributed by atoms with Crippen molar-refractivity contribution >= 4 is 29.1 Å². The van der Waals surface area contributed by atoms with E-state index in [2.05, 4.69) is 16.7 Å². The summed E-state index contributed by atoms with van der Waals surface area (Å²) in [6, 6.07) is 15.2. The van der Waals surface area contributed by atoms with Crippen LogP contribution in [0.2, 0.25) is 5.02 Å². The van der Waals surface area contributed by atoms with Gasteiger partial charge in [-0.1, -0.05) is 41.9 Å². The third kappa shape index (κ3) is 3.24. The van der Waals surface area contributed by atoms with Crippen LogP contribution in [-0.2, 0) is 9.59 Å². The first-order valence-electron chi connectivity index (χ1n) is 7.42. The van der Waals surface area contributed by atoms with Crippen molar-refractivity contribution in [2.75, 3.05) is 5.32 Å². The fraction of sp³-hybridized carbons (Fsp3) is 0.167. The van der Waals surface area contributed by atoms with E-state index in [1.807, 2.05) is 6.07 Å². The first kappa shape index (κ1) is 16.0. The van der Waals surface area contributed by atoms with Gasteiger partial charge >= 0.3 is 0 Å². The van der Waals surface area contributed by atoms with Crippen LogP contribution >= 0.6 is 11.6 Å². The van der Waals surface area contributed by atoms with Gasteiger partial charge in [-0.3, -0.25) is 9.59 Å². The smallest absolute Gasteiger partial charge is 0.229 e. The molecule has 0 fully saturated rings. The Morgan fingerprint density at radius 2 is 2.08 bits per heavy atom. The number of hydrogen-bond donors (Lipinski definition) is 2. The molecule has 0 unspecified atom stereocenters. The second-order valence-corrected chi connectivity index (χ2v) is 5.95. The number of para-hydroxylation sites is 1. The lowest BCUT2D eigenvalue weighted by Crippen LogP contribution is -2.36. The monoisotopic (exact) mass is 339 g/mol. The summed E-state index contributed by atoms with van der Waals surface area (Å²) in [6.45, 7) is 0. The van der Waals surface area contributed by atoms with E-state index in [1.54, 1.807) is 42.5 Å². The van der Waals surface area contributed by atoms with E-state index in [4.69, 9.17) is 11.6 Å². The van der Waals surface area contributed by atoms with E-state index in [1.165, 1.54) is 0 Å². The molecule has 2 aromatic carbocycles. The Morgan fingerprint density at radius 1 is 1.29 bits per heavy atom. The zero-order chi connectivity index (χ0) is 17.1. The topological polar surface area (TPSA) is 82.0 Å².